The van der Waals surface area contributed by atoms with E-state index < -0.39 is 0 Å². The molecule has 9 heteroatoms. The summed E-state index contributed by atoms with van der Waals surface area (Å²) in [5.74, 6) is 0.559. The zero-order valence-electron chi connectivity index (χ0n) is 17.9. The monoisotopic (exact) mass is 527 g/mol. The van der Waals surface area contributed by atoms with Crippen molar-refractivity contribution >= 4 is 40.8 Å². The summed E-state index contributed by atoms with van der Waals surface area (Å²) in [6.45, 7) is 4.20. The Balaban J connectivity index is 0.00000320. The normalized spacial score (nSPS) is 12.8. The summed E-state index contributed by atoms with van der Waals surface area (Å²) in [5.41, 5.74) is 3.12. The van der Waals surface area contributed by atoms with Gasteiger partial charge >= 0.3 is 0 Å². The van der Waals surface area contributed by atoms with E-state index in [1.54, 1.807) is 0 Å². The third-order valence-corrected chi connectivity index (χ3v) is 4.92. The number of aromatic amines is 1. The first kappa shape index (κ1) is 24.1. The van der Waals surface area contributed by atoms with Gasteiger partial charge in [-0.3, -0.25) is 9.67 Å². The lowest BCUT2D eigenvalue weighted by molar-refractivity contribution is 0.306. The van der Waals surface area contributed by atoms with Gasteiger partial charge in [-0.2, -0.15) is 5.10 Å². The minimum Gasteiger partial charge on any atom is -0.361 e. The summed E-state index contributed by atoms with van der Waals surface area (Å²) in [4.78, 5) is 10.1. The van der Waals surface area contributed by atoms with Crippen molar-refractivity contribution in [2.24, 2.45) is 12.0 Å². The number of aromatic nitrogens is 3. The summed E-state index contributed by atoms with van der Waals surface area (Å²) in [5, 5.41) is 12.0. The van der Waals surface area contributed by atoms with Crippen LogP contribution < -0.4 is 10.6 Å². The number of halogens is 2. The Hall–Kier alpha value is -2.14. The largest absolute Gasteiger partial charge is 0.361 e. The Kier molecular flexibility index (Phi) is 9.09. The molecule has 3 aromatic rings. The molecule has 164 valence electrons. The Bertz CT molecular complexity index is 963. The molecule has 0 aliphatic carbocycles. The second-order valence-corrected chi connectivity index (χ2v) is 7.33. The molecule has 0 saturated carbocycles. The van der Waals surface area contributed by atoms with Crippen LogP contribution in [-0.4, -0.2) is 59.4 Å². The van der Waals surface area contributed by atoms with Crippen LogP contribution in [0.4, 0.5) is 4.39 Å². The van der Waals surface area contributed by atoms with Gasteiger partial charge in [0.15, 0.2) is 5.96 Å². The zero-order valence-corrected chi connectivity index (χ0v) is 20.3. The van der Waals surface area contributed by atoms with Gasteiger partial charge in [-0.15, -0.1) is 24.0 Å². The third-order valence-electron chi connectivity index (χ3n) is 4.92. The Labute approximate surface area is 194 Å². The number of fused-ring (bicyclic) bond motifs is 1. The first-order valence-corrected chi connectivity index (χ1v) is 9.90. The molecule has 0 radical (unpaired) electrons. The summed E-state index contributed by atoms with van der Waals surface area (Å²) in [6, 6.07) is 5.00. The van der Waals surface area contributed by atoms with Crippen LogP contribution in [0.1, 0.15) is 24.1 Å². The number of nitrogens with zero attached hydrogens (tertiary/aromatic N) is 4. The molecule has 2 heterocycles. The van der Waals surface area contributed by atoms with Crippen molar-refractivity contribution in [1.82, 2.24) is 30.3 Å². The number of hydrogen-bond acceptors (Lipinski definition) is 3. The standard InChI is InChI=1S/C21H30FN7.HI/c1-5-23-21(26-13-20(28(2)3)16-12-27-29(4)14-16)24-9-8-15-11-25-19-10-17(22)6-7-18(15)19;/h6-7,10-12,14,20,25H,5,8-9,13H2,1-4H3,(H2,23,24,26);1H. The Morgan fingerprint density at radius 2 is 2.13 bits per heavy atom. The SMILES string of the molecule is CCNC(=NCC(c1cnn(C)c1)N(C)C)NCCc1c[nH]c2cc(F)ccc12.I. The van der Waals surface area contributed by atoms with Gasteiger partial charge in [0.2, 0.25) is 0 Å². The zero-order chi connectivity index (χ0) is 20.8. The number of likely N-dealkylation sites (N-methyl/N-ethyl adjacent to an activating group) is 1. The maximum Gasteiger partial charge on any atom is 0.191 e. The fourth-order valence-corrected chi connectivity index (χ4v) is 3.38. The van der Waals surface area contributed by atoms with Crippen LogP contribution in [0.25, 0.3) is 10.9 Å². The second-order valence-electron chi connectivity index (χ2n) is 7.33. The lowest BCUT2D eigenvalue weighted by Crippen LogP contribution is -2.39. The first-order valence-electron chi connectivity index (χ1n) is 9.90. The number of H-pyrrole nitrogens is 1. The molecular weight excluding hydrogens is 496 g/mol. The summed E-state index contributed by atoms with van der Waals surface area (Å²) in [6.07, 6.45) is 6.68. The molecule has 0 fully saturated rings. The first-order chi connectivity index (χ1) is 14.0. The van der Waals surface area contributed by atoms with E-state index in [-0.39, 0.29) is 35.8 Å². The third kappa shape index (κ3) is 6.18. The van der Waals surface area contributed by atoms with Crippen LogP contribution in [-0.2, 0) is 13.5 Å². The molecule has 3 rings (SSSR count). The lowest BCUT2D eigenvalue weighted by atomic mass is 10.1. The van der Waals surface area contributed by atoms with E-state index in [1.807, 2.05) is 50.5 Å². The molecule has 0 saturated heterocycles. The van der Waals surface area contributed by atoms with Crippen LogP contribution in [0.5, 0.6) is 0 Å². The van der Waals surface area contributed by atoms with Crippen LogP contribution in [0.15, 0.2) is 41.8 Å². The molecule has 0 aliphatic rings. The average Bonchev–Trinajstić information content (AvgIpc) is 3.27. The van der Waals surface area contributed by atoms with Crippen LogP contribution in [0, 0.1) is 5.82 Å². The molecule has 30 heavy (non-hydrogen) atoms. The molecule has 1 atom stereocenters. The van der Waals surface area contributed by atoms with Gasteiger partial charge in [0.1, 0.15) is 5.82 Å². The average molecular weight is 527 g/mol. The molecule has 0 amide bonds. The number of benzene rings is 1. The maximum atomic E-state index is 13.4. The number of guanidine groups is 1. The number of aliphatic imine (C=N–C) groups is 1. The number of aryl methyl sites for hydroxylation is 1. The van der Waals surface area contributed by atoms with Gasteiger partial charge in [-0.05, 0) is 51.2 Å². The van der Waals surface area contributed by atoms with Crippen molar-refractivity contribution < 1.29 is 4.39 Å². The van der Waals surface area contributed by atoms with Gasteiger partial charge in [0.25, 0.3) is 0 Å². The Morgan fingerprint density at radius 3 is 2.80 bits per heavy atom. The highest BCUT2D eigenvalue weighted by molar-refractivity contribution is 14.0. The van der Waals surface area contributed by atoms with Crippen LogP contribution in [0.3, 0.4) is 0 Å². The molecule has 0 aliphatic heterocycles. The second kappa shape index (κ2) is 11.3. The van der Waals surface area contributed by atoms with Gasteiger partial charge in [-0.25, -0.2) is 4.39 Å². The lowest BCUT2D eigenvalue weighted by Gasteiger charge is -2.22. The van der Waals surface area contributed by atoms with Gasteiger partial charge in [0, 0.05) is 49.0 Å². The van der Waals surface area contributed by atoms with Gasteiger partial charge in [0.05, 0.1) is 18.8 Å². The van der Waals surface area contributed by atoms with E-state index in [4.69, 9.17) is 4.99 Å². The summed E-state index contributed by atoms with van der Waals surface area (Å²) in [7, 11) is 6.02. The molecule has 3 N–H and O–H groups in total. The molecule has 2 aromatic heterocycles. The van der Waals surface area contributed by atoms with Crippen LogP contribution >= 0.6 is 24.0 Å². The summed E-state index contributed by atoms with van der Waals surface area (Å²) >= 11 is 0. The smallest absolute Gasteiger partial charge is 0.191 e. The van der Waals surface area contributed by atoms with Crippen molar-refractivity contribution in [1.29, 1.82) is 0 Å². The van der Waals surface area contributed by atoms with E-state index in [1.165, 1.54) is 12.1 Å². The topological polar surface area (TPSA) is 73.3 Å². The van der Waals surface area contributed by atoms with Crippen molar-refractivity contribution in [3.8, 4) is 0 Å². The highest BCUT2D eigenvalue weighted by Crippen LogP contribution is 2.19. The van der Waals surface area contributed by atoms with E-state index in [2.05, 4.69) is 32.5 Å². The molecule has 0 bridgehead atoms. The van der Waals surface area contributed by atoms with E-state index in [0.717, 1.165) is 47.5 Å². The summed E-state index contributed by atoms with van der Waals surface area (Å²) < 4.78 is 15.2. The molecule has 7 nitrogen and oxygen atoms in total. The van der Waals surface area contributed by atoms with E-state index in [9.17, 15) is 4.39 Å². The number of nitrogens with one attached hydrogen (secondary N) is 3. The predicted molar refractivity (Wildman–Crippen MR) is 131 cm³/mol. The molecular formula is C21H31FIN7. The van der Waals surface area contributed by atoms with Crippen molar-refractivity contribution in [2.45, 2.75) is 19.4 Å². The number of rotatable bonds is 8. The highest BCUT2D eigenvalue weighted by atomic mass is 127. The van der Waals surface area contributed by atoms with Crippen molar-refractivity contribution in [3.05, 3.63) is 53.7 Å². The van der Waals surface area contributed by atoms with Crippen LogP contribution in [0.2, 0.25) is 0 Å². The van der Waals surface area contributed by atoms with E-state index >= 15 is 0 Å². The maximum absolute atomic E-state index is 13.4. The highest BCUT2D eigenvalue weighted by Gasteiger charge is 2.15. The minimum atomic E-state index is -0.227. The fraction of sp³-hybridized carbons (Fsp3) is 0.429. The van der Waals surface area contributed by atoms with Crippen molar-refractivity contribution in [2.75, 3.05) is 33.7 Å². The van der Waals surface area contributed by atoms with Crippen molar-refractivity contribution in [3.63, 3.8) is 0 Å². The molecule has 1 unspecified atom stereocenters. The van der Waals surface area contributed by atoms with Gasteiger partial charge < -0.3 is 20.5 Å². The Morgan fingerprint density at radius 1 is 1.33 bits per heavy atom. The fourth-order valence-electron chi connectivity index (χ4n) is 3.38. The quantitative estimate of drug-likeness (QED) is 0.239. The van der Waals surface area contributed by atoms with Gasteiger partial charge in [-0.1, -0.05) is 0 Å². The minimum absolute atomic E-state index is 0. The van der Waals surface area contributed by atoms with E-state index in [0.29, 0.717) is 6.54 Å². The number of hydrogen-bond donors (Lipinski definition) is 3. The molecule has 0 spiro atoms. The molecule has 1 aromatic carbocycles. The predicted octanol–water partition coefficient (Wildman–Crippen LogP) is 3.06.